The molecule has 1 aromatic carbocycles. The van der Waals surface area contributed by atoms with Gasteiger partial charge in [0.25, 0.3) is 11.1 Å². The molecule has 0 amide bonds. The average Bonchev–Trinajstić information content (AvgIpc) is 3.18. The van der Waals surface area contributed by atoms with Gasteiger partial charge in [-0.1, -0.05) is 23.9 Å². The van der Waals surface area contributed by atoms with Crippen LogP contribution in [0.15, 0.2) is 49.9 Å². The minimum Gasteiger partial charge on any atom is -0.300 e. The molecule has 10 heteroatoms. The fraction of sp³-hybridized carbons (Fsp3) is 0.304. The van der Waals surface area contributed by atoms with Crippen LogP contribution < -0.4 is 16.8 Å². The van der Waals surface area contributed by atoms with Gasteiger partial charge in [0.05, 0.1) is 11.1 Å². The van der Waals surface area contributed by atoms with Gasteiger partial charge in [0.1, 0.15) is 10.6 Å². The molecular weight excluding hydrogens is 463 g/mol. The molecule has 0 atom stereocenters. The highest BCUT2D eigenvalue weighted by molar-refractivity contribution is 7.98. The van der Waals surface area contributed by atoms with Crippen LogP contribution in [-0.4, -0.2) is 18.7 Å². The molecule has 1 aliphatic carbocycles. The van der Waals surface area contributed by atoms with Crippen LogP contribution in [-0.2, 0) is 32.7 Å². The Balaban J connectivity index is 1.69. The van der Waals surface area contributed by atoms with Crippen molar-refractivity contribution in [2.24, 2.45) is 14.1 Å². The zero-order valence-corrected chi connectivity index (χ0v) is 19.8. The predicted molar refractivity (Wildman–Crippen MR) is 128 cm³/mol. The van der Waals surface area contributed by atoms with Crippen molar-refractivity contribution < 1.29 is 4.39 Å². The zero-order valence-electron chi connectivity index (χ0n) is 18.1. The molecule has 5 rings (SSSR count). The molecule has 0 bridgehead atoms. The molecule has 0 saturated heterocycles. The topological polar surface area (TPSA) is 78.9 Å². The highest BCUT2D eigenvalue weighted by Gasteiger charge is 2.24. The second-order valence-corrected chi connectivity index (χ2v) is 10.1. The number of benzene rings is 1. The van der Waals surface area contributed by atoms with E-state index in [0.29, 0.717) is 21.1 Å². The Kier molecular flexibility index (Phi) is 5.57. The lowest BCUT2D eigenvalue weighted by Gasteiger charge is -2.15. The van der Waals surface area contributed by atoms with Gasteiger partial charge in [0.2, 0.25) is 0 Å². The summed E-state index contributed by atoms with van der Waals surface area (Å²) in [5.41, 5.74) is 0.536. The molecule has 3 heterocycles. The standard InChI is InChI=1S/C23H21FN4O3S2/c1-26-13(11-18(29)27(2)23(26)31)12-32-22-25-20-19(14-7-3-6-10-17(14)33-20)21(30)28(22)16-9-5-4-8-15(16)24/h4-5,8-9,11H,3,6-7,10,12H2,1-2H3. The third-order valence-corrected chi connectivity index (χ3v) is 8.18. The van der Waals surface area contributed by atoms with Gasteiger partial charge in [0, 0.05) is 36.5 Å². The summed E-state index contributed by atoms with van der Waals surface area (Å²) in [5, 5.41) is 0.896. The van der Waals surface area contributed by atoms with Crippen LogP contribution in [0, 0.1) is 5.82 Å². The van der Waals surface area contributed by atoms with Crippen LogP contribution in [0.2, 0.25) is 0 Å². The van der Waals surface area contributed by atoms with E-state index in [4.69, 9.17) is 4.98 Å². The highest BCUT2D eigenvalue weighted by Crippen LogP contribution is 2.35. The first-order valence-electron chi connectivity index (χ1n) is 10.6. The van der Waals surface area contributed by atoms with Crippen molar-refractivity contribution in [1.29, 1.82) is 0 Å². The van der Waals surface area contributed by atoms with Crippen LogP contribution in [0.4, 0.5) is 4.39 Å². The number of hydrogen-bond donors (Lipinski definition) is 0. The predicted octanol–water partition coefficient (Wildman–Crippen LogP) is 3.15. The Morgan fingerprint density at radius 3 is 2.64 bits per heavy atom. The summed E-state index contributed by atoms with van der Waals surface area (Å²) >= 11 is 2.73. The zero-order chi connectivity index (χ0) is 23.3. The van der Waals surface area contributed by atoms with Crippen LogP contribution in [0.3, 0.4) is 0 Å². The van der Waals surface area contributed by atoms with Crippen molar-refractivity contribution in [1.82, 2.24) is 18.7 Å². The number of para-hydroxylation sites is 1. The van der Waals surface area contributed by atoms with Gasteiger partial charge < -0.3 is 0 Å². The summed E-state index contributed by atoms with van der Waals surface area (Å²) in [7, 11) is 3.01. The number of aromatic nitrogens is 4. The normalized spacial score (nSPS) is 13.4. The van der Waals surface area contributed by atoms with E-state index in [0.717, 1.165) is 35.8 Å². The van der Waals surface area contributed by atoms with Gasteiger partial charge in [-0.25, -0.2) is 14.2 Å². The molecule has 7 nitrogen and oxygen atoms in total. The number of thioether (sulfide) groups is 1. The minimum atomic E-state index is -0.521. The summed E-state index contributed by atoms with van der Waals surface area (Å²) in [6.45, 7) is 0. The Morgan fingerprint density at radius 2 is 1.85 bits per heavy atom. The quantitative estimate of drug-likeness (QED) is 0.329. The lowest BCUT2D eigenvalue weighted by Crippen LogP contribution is -2.37. The Labute approximate surface area is 196 Å². The number of aryl methyl sites for hydroxylation is 2. The highest BCUT2D eigenvalue weighted by atomic mass is 32.2. The number of hydrogen-bond acceptors (Lipinski definition) is 6. The van der Waals surface area contributed by atoms with E-state index in [1.807, 2.05) is 0 Å². The van der Waals surface area contributed by atoms with E-state index in [1.165, 1.54) is 56.3 Å². The molecule has 4 aromatic rings. The lowest BCUT2D eigenvalue weighted by atomic mass is 9.97. The number of thiophene rings is 1. The van der Waals surface area contributed by atoms with Crippen molar-refractivity contribution >= 4 is 33.3 Å². The van der Waals surface area contributed by atoms with E-state index >= 15 is 0 Å². The molecule has 0 saturated carbocycles. The first-order chi connectivity index (χ1) is 15.9. The molecule has 0 aliphatic heterocycles. The van der Waals surface area contributed by atoms with Crippen molar-refractivity contribution in [2.75, 3.05) is 0 Å². The second kappa shape index (κ2) is 8.42. The number of nitrogens with zero attached hydrogens (tertiary/aromatic N) is 4. The summed E-state index contributed by atoms with van der Waals surface area (Å²) in [5.74, 6) is -0.299. The molecule has 0 unspecified atom stereocenters. The largest absolute Gasteiger partial charge is 0.330 e. The molecule has 33 heavy (non-hydrogen) atoms. The molecule has 0 spiro atoms. The van der Waals surface area contributed by atoms with Crippen molar-refractivity contribution in [3.63, 3.8) is 0 Å². The second-order valence-electron chi connectivity index (χ2n) is 8.04. The van der Waals surface area contributed by atoms with Crippen molar-refractivity contribution in [2.45, 2.75) is 36.6 Å². The molecule has 3 aromatic heterocycles. The van der Waals surface area contributed by atoms with Crippen LogP contribution in [0.5, 0.6) is 0 Å². The van der Waals surface area contributed by atoms with E-state index in [1.54, 1.807) is 25.2 Å². The minimum absolute atomic E-state index is 0.132. The fourth-order valence-electron chi connectivity index (χ4n) is 4.18. The average molecular weight is 485 g/mol. The first-order valence-corrected chi connectivity index (χ1v) is 12.4. The van der Waals surface area contributed by atoms with Crippen LogP contribution >= 0.6 is 23.1 Å². The van der Waals surface area contributed by atoms with Gasteiger partial charge in [-0.15, -0.1) is 11.3 Å². The number of rotatable bonds is 4. The maximum atomic E-state index is 14.8. The van der Waals surface area contributed by atoms with Gasteiger partial charge in [0.15, 0.2) is 5.16 Å². The van der Waals surface area contributed by atoms with Crippen LogP contribution in [0.1, 0.15) is 29.0 Å². The molecule has 1 aliphatic rings. The van der Waals surface area contributed by atoms with E-state index in [2.05, 4.69) is 0 Å². The third-order valence-electron chi connectivity index (χ3n) is 6.03. The first kappa shape index (κ1) is 21.8. The molecule has 0 radical (unpaired) electrons. The molecular formula is C23H21FN4O3S2. The monoisotopic (exact) mass is 484 g/mol. The number of halogens is 1. The Hall–Kier alpha value is -2.98. The van der Waals surface area contributed by atoms with E-state index < -0.39 is 17.1 Å². The summed E-state index contributed by atoms with van der Waals surface area (Å²) in [6, 6.07) is 7.51. The van der Waals surface area contributed by atoms with Gasteiger partial charge in [-0.3, -0.25) is 23.3 Å². The summed E-state index contributed by atoms with van der Waals surface area (Å²) in [4.78, 5) is 44.7. The van der Waals surface area contributed by atoms with Crippen LogP contribution in [0.25, 0.3) is 15.9 Å². The van der Waals surface area contributed by atoms with Gasteiger partial charge >= 0.3 is 5.69 Å². The smallest absolute Gasteiger partial charge is 0.300 e. The van der Waals surface area contributed by atoms with Crippen molar-refractivity contribution in [3.05, 3.63) is 83.5 Å². The molecule has 0 N–H and O–H groups in total. The summed E-state index contributed by atoms with van der Waals surface area (Å²) < 4.78 is 18.5. The van der Waals surface area contributed by atoms with Crippen molar-refractivity contribution in [3.8, 4) is 5.69 Å². The maximum absolute atomic E-state index is 14.8. The SMILES string of the molecule is Cn1c(CSc2nc3sc4c(c3c(=O)n2-c2ccccc2F)CCCC4)cc(=O)n(C)c1=O. The van der Waals surface area contributed by atoms with Gasteiger partial charge in [-0.05, 0) is 43.4 Å². The molecule has 0 fully saturated rings. The van der Waals surface area contributed by atoms with E-state index in [9.17, 15) is 18.8 Å². The maximum Gasteiger partial charge on any atom is 0.330 e. The fourth-order valence-corrected chi connectivity index (χ4v) is 6.51. The van der Waals surface area contributed by atoms with E-state index in [-0.39, 0.29) is 17.0 Å². The summed E-state index contributed by atoms with van der Waals surface area (Å²) in [6.07, 6.45) is 3.85. The Morgan fingerprint density at radius 1 is 1.09 bits per heavy atom. The lowest BCUT2D eigenvalue weighted by molar-refractivity contribution is 0.608. The third kappa shape index (κ3) is 3.67. The van der Waals surface area contributed by atoms with Gasteiger partial charge in [-0.2, -0.15) is 0 Å². The molecule has 170 valence electrons. The number of fused-ring (bicyclic) bond motifs is 3. The Bertz CT molecular complexity index is 1580.